The topological polar surface area (TPSA) is 29.5 Å². The van der Waals surface area contributed by atoms with E-state index in [4.69, 9.17) is 4.74 Å². The van der Waals surface area contributed by atoms with Crippen LogP contribution in [0.2, 0.25) is 0 Å². The Morgan fingerprint density at radius 2 is 1.76 bits per heavy atom. The molecule has 0 saturated carbocycles. The van der Waals surface area contributed by atoms with Gasteiger partial charge in [0.05, 0.1) is 5.56 Å². The maximum absolute atomic E-state index is 9.57. The van der Waals surface area contributed by atoms with Crippen LogP contribution in [0.4, 0.5) is 0 Å². The van der Waals surface area contributed by atoms with Gasteiger partial charge in [-0.1, -0.05) is 38.7 Å². The first kappa shape index (κ1) is 13.6. The average Bonchev–Trinajstić information content (AvgIpc) is 2.41. The fourth-order valence-electron chi connectivity index (χ4n) is 2.33. The predicted molar refractivity (Wildman–Crippen MR) is 83.6 cm³/mol. The van der Waals surface area contributed by atoms with Crippen molar-refractivity contribution in [3.63, 3.8) is 0 Å². The van der Waals surface area contributed by atoms with Crippen molar-refractivity contribution < 1.29 is 9.84 Å². The van der Waals surface area contributed by atoms with Gasteiger partial charge in [0, 0.05) is 11.1 Å². The summed E-state index contributed by atoms with van der Waals surface area (Å²) in [6.07, 6.45) is 0. The molecular weight excluding hydrogens is 260 g/mol. The van der Waals surface area contributed by atoms with E-state index in [1.807, 2.05) is 12.1 Å². The van der Waals surface area contributed by atoms with Crippen LogP contribution in [-0.2, 0) is 12.0 Å². The van der Waals surface area contributed by atoms with Crippen molar-refractivity contribution in [2.45, 2.75) is 32.8 Å². The molecule has 0 aliphatic carbocycles. The largest absolute Gasteiger partial charge is 0.508 e. The zero-order valence-corrected chi connectivity index (χ0v) is 12.5. The molecule has 21 heavy (non-hydrogen) atoms. The lowest BCUT2D eigenvalue weighted by molar-refractivity contribution is 0.303. The number of aromatic hydroxyl groups is 1. The number of phenolic OH excluding ortho intramolecular Hbond substituents is 1. The molecule has 0 saturated heterocycles. The molecule has 1 heterocycles. The molecule has 0 fully saturated rings. The highest BCUT2D eigenvalue weighted by Crippen LogP contribution is 2.29. The van der Waals surface area contributed by atoms with E-state index >= 15 is 0 Å². The van der Waals surface area contributed by atoms with Gasteiger partial charge in [0.25, 0.3) is 0 Å². The van der Waals surface area contributed by atoms with E-state index < -0.39 is 0 Å². The Hall–Kier alpha value is -2.40. The molecule has 2 aromatic rings. The molecule has 2 heteroatoms. The fraction of sp³-hybridized carbons (Fsp3) is 0.263. The maximum Gasteiger partial charge on any atom is 0.135 e. The molecule has 0 unspecified atom stereocenters. The molecule has 2 aromatic carbocycles. The monoisotopic (exact) mass is 278 g/mol. The fourth-order valence-corrected chi connectivity index (χ4v) is 2.33. The van der Waals surface area contributed by atoms with Crippen molar-refractivity contribution in [3.05, 3.63) is 58.7 Å². The second-order valence-electron chi connectivity index (χ2n) is 6.34. The smallest absolute Gasteiger partial charge is 0.135 e. The Morgan fingerprint density at radius 1 is 1.00 bits per heavy atom. The third-order valence-electron chi connectivity index (χ3n) is 3.65. The average molecular weight is 278 g/mol. The van der Waals surface area contributed by atoms with Gasteiger partial charge in [-0.2, -0.15) is 0 Å². The summed E-state index contributed by atoms with van der Waals surface area (Å²) in [5.41, 5.74) is 4.06. The molecule has 0 amide bonds. The van der Waals surface area contributed by atoms with Gasteiger partial charge >= 0.3 is 0 Å². The molecular formula is C19H18O2. The summed E-state index contributed by atoms with van der Waals surface area (Å²) in [6, 6.07) is 11.4. The molecule has 2 nitrogen and oxygen atoms in total. The third-order valence-corrected chi connectivity index (χ3v) is 3.65. The zero-order chi connectivity index (χ0) is 15.0. The van der Waals surface area contributed by atoms with E-state index in [0.29, 0.717) is 6.61 Å². The summed E-state index contributed by atoms with van der Waals surface area (Å²) in [6.45, 7) is 6.97. The number of fused-ring (bicyclic) bond motifs is 2. The van der Waals surface area contributed by atoms with Crippen molar-refractivity contribution in [2.24, 2.45) is 0 Å². The molecule has 0 aromatic heterocycles. The van der Waals surface area contributed by atoms with Crippen molar-refractivity contribution in [2.75, 3.05) is 0 Å². The van der Waals surface area contributed by atoms with Crippen molar-refractivity contribution in [1.82, 2.24) is 0 Å². The molecule has 1 N–H and O–H groups in total. The second-order valence-corrected chi connectivity index (χ2v) is 6.34. The van der Waals surface area contributed by atoms with E-state index in [9.17, 15) is 5.11 Å². The van der Waals surface area contributed by atoms with Gasteiger partial charge in [-0.15, -0.1) is 0 Å². The van der Waals surface area contributed by atoms with E-state index in [1.165, 1.54) is 5.56 Å². The summed E-state index contributed by atoms with van der Waals surface area (Å²) in [5.74, 6) is 7.42. The normalized spacial score (nSPS) is 12.9. The number of hydrogen-bond acceptors (Lipinski definition) is 2. The molecule has 0 bridgehead atoms. The van der Waals surface area contributed by atoms with Crippen LogP contribution < -0.4 is 4.74 Å². The Balaban J connectivity index is 2.09. The van der Waals surface area contributed by atoms with Crippen LogP contribution >= 0.6 is 0 Å². The quantitative estimate of drug-likeness (QED) is 0.739. The highest BCUT2D eigenvalue weighted by molar-refractivity contribution is 5.55. The summed E-state index contributed by atoms with van der Waals surface area (Å²) in [5, 5.41) is 9.57. The van der Waals surface area contributed by atoms with Crippen LogP contribution in [-0.4, -0.2) is 5.11 Å². The highest BCUT2D eigenvalue weighted by atomic mass is 16.5. The van der Waals surface area contributed by atoms with Gasteiger partial charge in [-0.05, 0) is 41.3 Å². The van der Waals surface area contributed by atoms with Crippen LogP contribution in [0.3, 0.4) is 0 Å². The van der Waals surface area contributed by atoms with Crippen LogP contribution in [0.25, 0.3) is 0 Å². The number of hydrogen-bond donors (Lipinski definition) is 1. The zero-order valence-electron chi connectivity index (χ0n) is 12.5. The summed E-state index contributed by atoms with van der Waals surface area (Å²) < 4.78 is 5.86. The van der Waals surface area contributed by atoms with Crippen LogP contribution in [0.15, 0.2) is 36.4 Å². The first-order valence-electron chi connectivity index (χ1n) is 7.05. The van der Waals surface area contributed by atoms with Gasteiger partial charge in [0.15, 0.2) is 0 Å². The molecule has 0 radical (unpaired) electrons. The van der Waals surface area contributed by atoms with Crippen molar-refractivity contribution in [1.29, 1.82) is 0 Å². The molecule has 0 atom stereocenters. The van der Waals surface area contributed by atoms with Crippen molar-refractivity contribution >= 4 is 0 Å². The third kappa shape index (κ3) is 2.73. The minimum atomic E-state index is 0.0861. The Labute approximate surface area is 125 Å². The Kier molecular flexibility index (Phi) is 3.14. The molecule has 3 rings (SSSR count). The lowest BCUT2D eigenvalue weighted by atomic mass is 9.86. The lowest BCUT2D eigenvalue weighted by Crippen LogP contribution is -2.11. The minimum Gasteiger partial charge on any atom is -0.508 e. The molecule has 0 spiro atoms. The van der Waals surface area contributed by atoms with E-state index in [-0.39, 0.29) is 11.2 Å². The lowest BCUT2D eigenvalue weighted by Gasteiger charge is -2.21. The van der Waals surface area contributed by atoms with Crippen LogP contribution in [0, 0.1) is 11.8 Å². The Bertz CT molecular complexity index is 755. The first-order chi connectivity index (χ1) is 9.93. The first-order valence-corrected chi connectivity index (χ1v) is 7.05. The van der Waals surface area contributed by atoms with Crippen molar-refractivity contribution in [3.8, 4) is 23.3 Å². The summed E-state index contributed by atoms with van der Waals surface area (Å²) in [7, 11) is 0. The van der Waals surface area contributed by atoms with Gasteiger partial charge in [0.1, 0.15) is 18.1 Å². The van der Waals surface area contributed by atoms with E-state index in [2.05, 4.69) is 44.7 Å². The number of rotatable bonds is 0. The minimum absolute atomic E-state index is 0.0861. The number of phenols is 1. The van der Waals surface area contributed by atoms with Gasteiger partial charge in [0.2, 0.25) is 0 Å². The van der Waals surface area contributed by atoms with Gasteiger partial charge in [-0.3, -0.25) is 0 Å². The second kappa shape index (κ2) is 4.86. The maximum atomic E-state index is 9.57. The number of ether oxygens (including phenoxy) is 1. The molecule has 106 valence electrons. The van der Waals surface area contributed by atoms with Gasteiger partial charge < -0.3 is 9.84 Å². The van der Waals surface area contributed by atoms with Crippen LogP contribution in [0.5, 0.6) is 11.5 Å². The summed E-state index contributed by atoms with van der Waals surface area (Å²) >= 11 is 0. The van der Waals surface area contributed by atoms with Crippen LogP contribution in [0.1, 0.15) is 43.0 Å². The standard InChI is InChI=1S/C19H18O2/c1-19(2,3)16-7-9-18-14(10-16)5-4-13-6-8-17(20)11-15(13)12-21-18/h6-11,20H,12H2,1-3H3. The molecule has 1 aliphatic heterocycles. The van der Waals surface area contributed by atoms with Gasteiger partial charge in [-0.25, -0.2) is 0 Å². The Morgan fingerprint density at radius 3 is 2.52 bits per heavy atom. The number of benzene rings is 2. The van der Waals surface area contributed by atoms with E-state index in [1.54, 1.807) is 12.1 Å². The highest BCUT2D eigenvalue weighted by Gasteiger charge is 2.16. The predicted octanol–water partition coefficient (Wildman–Crippen LogP) is 3.98. The molecule has 1 aliphatic rings. The van der Waals surface area contributed by atoms with E-state index in [0.717, 1.165) is 22.4 Å². The summed E-state index contributed by atoms with van der Waals surface area (Å²) in [4.78, 5) is 0. The SMILES string of the molecule is CC(C)(C)c1ccc2c(c1)C#Cc1ccc(O)cc1CO2.